The minimum absolute atomic E-state index is 0.287. The highest BCUT2D eigenvalue weighted by molar-refractivity contribution is 5.41. The van der Waals surface area contributed by atoms with Crippen LogP contribution in [0.3, 0.4) is 0 Å². The highest BCUT2D eigenvalue weighted by atomic mass is 16.3. The second-order valence-electron chi connectivity index (χ2n) is 4.74. The van der Waals surface area contributed by atoms with E-state index in [1.807, 2.05) is 12.1 Å². The van der Waals surface area contributed by atoms with E-state index in [2.05, 4.69) is 9.88 Å². The van der Waals surface area contributed by atoms with Gasteiger partial charge in [-0.05, 0) is 43.4 Å². The van der Waals surface area contributed by atoms with Crippen LogP contribution >= 0.6 is 0 Å². The van der Waals surface area contributed by atoms with Gasteiger partial charge in [0.15, 0.2) is 0 Å². The Morgan fingerprint density at radius 1 is 1.47 bits per heavy atom. The molecule has 1 aliphatic rings. The fraction of sp³-hybridized carbons (Fsp3) is 0.615. The third kappa shape index (κ3) is 2.96. The van der Waals surface area contributed by atoms with Crippen LogP contribution in [-0.2, 0) is 0 Å². The topological polar surface area (TPSA) is 56.6 Å². The number of aliphatic hydroxyl groups excluding tert-OH is 2. The van der Waals surface area contributed by atoms with Gasteiger partial charge < -0.3 is 15.1 Å². The molecule has 1 fully saturated rings. The first-order valence-electron chi connectivity index (χ1n) is 6.20. The number of hydrogen-bond donors (Lipinski definition) is 2. The molecular weight excluding hydrogens is 216 g/mol. The summed E-state index contributed by atoms with van der Waals surface area (Å²) in [7, 11) is 0. The largest absolute Gasteiger partial charge is 0.396 e. The fourth-order valence-electron chi connectivity index (χ4n) is 2.21. The lowest BCUT2D eigenvalue weighted by Crippen LogP contribution is -2.35. The second kappa shape index (κ2) is 5.47. The van der Waals surface area contributed by atoms with Gasteiger partial charge in [-0.15, -0.1) is 0 Å². The Bertz CT molecular complexity index is 360. The monoisotopic (exact) mass is 236 g/mol. The number of pyridine rings is 1. The summed E-state index contributed by atoms with van der Waals surface area (Å²) in [6, 6.07) is 3.79. The molecule has 0 saturated carbocycles. The van der Waals surface area contributed by atoms with Crippen LogP contribution in [0.15, 0.2) is 18.3 Å². The van der Waals surface area contributed by atoms with Crippen LogP contribution in [0.2, 0.25) is 0 Å². The summed E-state index contributed by atoms with van der Waals surface area (Å²) in [5, 5.41) is 18.6. The molecule has 2 heterocycles. The average Bonchev–Trinajstić information content (AvgIpc) is 2.39. The number of aliphatic hydroxyl groups is 2. The molecule has 0 bridgehead atoms. The zero-order valence-electron chi connectivity index (χ0n) is 10.2. The molecule has 2 N–H and O–H groups in total. The van der Waals surface area contributed by atoms with Gasteiger partial charge in [-0.1, -0.05) is 0 Å². The lowest BCUT2D eigenvalue weighted by Gasteiger charge is -2.32. The summed E-state index contributed by atoms with van der Waals surface area (Å²) < 4.78 is 0. The molecule has 0 radical (unpaired) electrons. The van der Waals surface area contributed by atoms with Gasteiger partial charge in [-0.3, -0.25) is 0 Å². The van der Waals surface area contributed by atoms with Crippen molar-refractivity contribution in [2.45, 2.75) is 25.9 Å². The van der Waals surface area contributed by atoms with Crippen molar-refractivity contribution in [1.82, 2.24) is 4.98 Å². The molecule has 94 valence electrons. The molecule has 0 aliphatic carbocycles. The van der Waals surface area contributed by atoms with Gasteiger partial charge in [-0.2, -0.15) is 0 Å². The summed E-state index contributed by atoms with van der Waals surface area (Å²) in [5.74, 6) is 1.37. The smallest absolute Gasteiger partial charge is 0.128 e. The Balaban J connectivity index is 2.05. The number of aromatic nitrogens is 1. The highest BCUT2D eigenvalue weighted by Crippen LogP contribution is 2.23. The molecule has 1 aromatic heterocycles. The van der Waals surface area contributed by atoms with Crippen molar-refractivity contribution in [2.24, 2.45) is 5.92 Å². The van der Waals surface area contributed by atoms with E-state index < -0.39 is 6.10 Å². The van der Waals surface area contributed by atoms with Crippen LogP contribution in [0.4, 0.5) is 5.82 Å². The van der Waals surface area contributed by atoms with Crippen LogP contribution in [0.25, 0.3) is 0 Å². The summed E-state index contributed by atoms with van der Waals surface area (Å²) in [4.78, 5) is 6.57. The molecule has 1 aliphatic heterocycles. The summed E-state index contributed by atoms with van der Waals surface area (Å²) in [6.07, 6.45) is 3.32. The maximum Gasteiger partial charge on any atom is 0.128 e. The summed E-state index contributed by atoms with van der Waals surface area (Å²) in [6.45, 7) is 3.91. The molecule has 0 aromatic carbocycles. The van der Waals surface area contributed by atoms with E-state index in [1.165, 1.54) is 0 Å². The third-order valence-electron chi connectivity index (χ3n) is 3.45. The molecule has 1 saturated heterocycles. The molecular formula is C13H20N2O2. The van der Waals surface area contributed by atoms with E-state index in [0.29, 0.717) is 5.92 Å². The standard InChI is InChI=1S/C13H20N2O2/c1-10(17)12-2-5-14-13(8-12)15-6-3-11(9-16)4-7-15/h2,5,8,10-11,16-17H,3-4,6-7,9H2,1H3/t10-/m1/s1. The first kappa shape index (κ1) is 12.3. The van der Waals surface area contributed by atoms with Gasteiger partial charge in [0, 0.05) is 25.9 Å². The average molecular weight is 236 g/mol. The molecule has 1 aromatic rings. The summed E-state index contributed by atoms with van der Waals surface area (Å²) >= 11 is 0. The SMILES string of the molecule is C[C@@H](O)c1ccnc(N2CCC(CO)CC2)c1. The molecule has 2 rings (SSSR count). The number of hydrogen-bond acceptors (Lipinski definition) is 4. The van der Waals surface area contributed by atoms with E-state index >= 15 is 0 Å². The van der Waals surface area contributed by atoms with E-state index in [0.717, 1.165) is 37.3 Å². The first-order chi connectivity index (χ1) is 8.20. The lowest BCUT2D eigenvalue weighted by molar-refractivity contribution is 0.199. The molecule has 4 nitrogen and oxygen atoms in total. The van der Waals surface area contributed by atoms with E-state index in [-0.39, 0.29) is 6.61 Å². The maximum atomic E-state index is 9.55. The Labute approximate surface area is 102 Å². The lowest BCUT2D eigenvalue weighted by atomic mass is 9.98. The maximum absolute atomic E-state index is 9.55. The number of rotatable bonds is 3. The van der Waals surface area contributed by atoms with Gasteiger partial charge in [-0.25, -0.2) is 4.98 Å². The molecule has 17 heavy (non-hydrogen) atoms. The number of nitrogens with zero attached hydrogens (tertiary/aromatic N) is 2. The number of piperidine rings is 1. The van der Waals surface area contributed by atoms with Gasteiger partial charge >= 0.3 is 0 Å². The molecule has 0 unspecified atom stereocenters. The van der Waals surface area contributed by atoms with Crippen molar-refractivity contribution in [3.63, 3.8) is 0 Å². The van der Waals surface area contributed by atoms with Crippen LogP contribution in [0.1, 0.15) is 31.4 Å². The second-order valence-corrected chi connectivity index (χ2v) is 4.74. The first-order valence-corrected chi connectivity index (χ1v) is 6.20. The highest BCUT2D eigenvalue weighted by Gasteiger charge is 2.19. The van der Waals surface area contributed by atoms with Crippen molar-refractivity contribution in [3.05, 3.63) is 23.9 Å². The molecule has 0 amide bonds. The van der Waals surface area contributed by atoms with E-state index in [9.17, 15) is 5.11 Å². The van der Waals surface area contributed by atoms with Crippen LogP contribution in [0.5, 0.6) is 0 Å². The minimum Gasteiger partial charge on any atom is -0.396 e. The van der Waals surface area contributed by atoms with Crippen molar-refractivity contribution >= 4 is 5.82 Å². The minimum atomic E-state index is -0.452. The zero-order chi connectivity index (χ0) is 12.3. The van der Waals surface area contributed by atoms with E-state index in [4.69, 9.17) is 5.11 Å². The van der Waals surface area contributed by atoms with Gasteiger partial charge in [0.1, 0.15) is 5.82 Å². The summed E-state index contributed by atoms with van der Waals surface area (Å²) in [5.41, 5.74) is 0.902. The Morgan fingerprint density at radius 2 is 2.18 bits per heavy atom. The van der Waals surface area contributed by atoms with E-state index in [1.54, 1.807) is 13.1 Å². The van der Waals surface area contributed by atoms with Crippen LogP contribution in [0, 0.1) is 5.92 Å². The number of anilines is 1. The molecule has 1 atom stereocenters. The van der Waals surface area contributed by atoms with Crippen LogP contribution in [-0.4, -0.2) is 34.9 Å². The van der Waals surface area contributed by atoms with Gasteiger partial charge in [0.25, 0.3) is 0 Å². The molecule has 4 heteroatoms. The predicted octanol–water partition coefficient (Wildman–Crippen LogP) is 1.34. The fourth-order valence-corrected chi connectivity index (χ4v) is 2.21. The van der Waals surface area contributed by atoms with Gasteiger partial charge in [0.2, 0.25) is 0 Å². The van der Waals surface area contributed by atoms with Gasteiger partial charge in [0.05, 0.1) is 6.10 Å². The van der Waals surface area contributed by atoms with Crippen LogP contribution < -0.4 is 4.90 Å². The quantitative estimate of drug-likeness (QED) is 0.831. The molecule has 0 spiro atoms. The Morgan fingerprint density at radius 3 is 2.76 bits per heavy atom. The third-order valence-corrected chi connectivity index (χ3v) is 3.45. The van der Waals surface area contributed by atoms with Crippen molar-refractivity contribution in [2.75, 3.05) is 24.6 Å². The Hall–Kier alpha value is -1.13. The van der Waals surface area contributed by atoms with Crippen molar-refractivity contribution < 1.29 is 10.2 Å². The van der Waals surface area contributed by atoms with Crippen molar-refractivity contribution in [1.29, 1.82) is 0 Å². The van der Waals surface area contributed by atoms with Crippen molar-refractivity contribution in [3.8, 4) is 0 Å². The normalized spacial score (nSPS) is 19.4. The predicted molar refractivity (Wildman–Crippen MR) is 66.9 cm³/mol. The zero-order valence-corrected chi connectivity index (χ0v) is 10.2. The Kier molecular flexibility index (Phi) is 3.97.